The molecule has 1 aromatic carbocycles. The van der Waals surface area contributed by atoms with E-state index in [1.54, 1.807) is 19.1 Å². The van der Waals surface area contributed by atoms with Crippen molar-refractivity contribution in [2.24, 2.45) is 5.16 Å². The van der Waals surface area contributed by atoms with E-state index in [0.717, 1.165) is 6.21 Å². The summed E-state index contributed by atoms with van der Waals surface area (Å²) < 4.78 is 0. The van der Waals surface area contributed by atoms with Crippen LogP contribution in [-0.2, 0) is 4.79 Å². The van der Waals surface area contributed by atoms with Crippen LogP contribution < -0.4 is 5.32 Å². The molecule has 1 rings (SSSR count). The van der Waals surface area contributed by atoms with Gasteiger partial charge in [-0.3, -0.25) is 4.79 Å². The smallest absolute Gasteiger partial charge is 0.270 e. The third-order valence-corrected chi connectivity index (χ3v) is 2.67. The number of hydrogen-bond acceptors (Lipinski definition) is 3. The Bertz CT molecular complexity index is 419. The van der Waals surface area contributed by atoms with Gasteiger partial charge in [-0.2, -0.15) is 0 Å². The second-order valence-corrected chi connectivity index (χ2v) is 3.55. The lowest BCUT2D eigenvalue weighted by Crippen LogP contribution is -2.13. The third kappa shape index (κ3) is 2.84. The second-order valence-electron chi connectivity index (χ2n) is 2.77. The zero-order chi connectivity index (χ0) is 11.4. The third-order valence-electron chi connectivity index (χ3n) is 1.77. The summed E-state index contributed by atoms with van der Waals surface area (Å²) >= 11 is 11.6. The highest BCUT2D eigenvalue weighted by Gasteiger charge is 2.08. The predicted molar refractivity (Wildman–Crippen MR) is 60.1 cm³/mol. The standard InChI is InChI=1S/C9H8Cl2N2O2/c1-5-7(13-8(14)4-12-15)3-2-6(10)9(5)11/h2-4,15H,1H3,(H,13,14). The van der Waals surface area contributed by atoms with Crippen molar-refractivity contribution in [1.29, 1.82) is 0 Å². The molecule has 15 heavy (non-hydrogen) atoms. The molecule has 0 saturated heterocycles. The largest absolute Gasteiger partial charge is 0.411 e. The average Bonchev–Trinajstić information content (AvgIpc) is 2.20. The van der Waals surface area contributed by atoms with E-state index in [9.17, 15) is 4.79 Å². The number of anilines is 1. The summed E-state index contributed by atoms with van der Waals surface area (Å²) in [5.41, 5.74) is 1.18. The fourth-order valence-corrected chi connectivity index (χ4v) is 1.37. The molecule has 0 aliphatic carbocycles. The van der Waals surface area contributed by atoms with Crippen LogP contribution in [0.5, 0.6) is 0 Å². The van der Waals surface area contributed by atoms with E-state index in [1.165, 1.54) is 0 Å². The lowest BCUT2D eigenvalue weighted by molar-refractivity contribution is -0.110. The first-order valence-electron chi connectivity index (χ1n) is 3.99. The van der Waals surface area contributed by atoms with Crippen molar-refractivity contribution in [3.63, 3.8) is 0 Å². The molecule has 0 saturated carbocycles. The first-order valence-corrected chi connectivity index (χ1v) is 4.75. The number of carbonyl (C=O) groups is 1. The van der Waals surface area contributed by atoms with E-state index in [4.69, 9.17) is 28.4 Å². The van der Waals surface area contributed by atoms with Gasteiger partial charge in [0.05, 0.1) is 10.0 Å². The first kappa shape index (κ1) is 11.8. The number of benzene rings is 1. The van der Waals surface area contributed by atoms with Gasteiger partial charge in [0.25, 0.3) is 5.91 Å². The van der Waals surface area contributed by atoms with Gasteiger partial charge in [0.15, 0.2) is 0 Å². The van der Waals surface area contributed by atoms with Gasteiger partial charge < -0.3 is 10.5 Å². The highest BCUT2D eigenvalue weighted by Crippen LogP contribution is 2.30. The Hall–Kier alpha value is -1.26. The lowest BCUT2D eigenvalue weighted by atomic mass is 10.2. The van der Waals surface area contributed by atoms with E-state index in [2.05, 4.69) is 10.5 Å². The number of rotatable bonds is 2. The Morgan fingerprint density at radius 3 is 2.80 bits per heavy atom. The molecule has 0 unspecified atom stereocenters. The molecule has 0 fully saturated rings. The molecule has 0 heterocycles. The molecule has 0 aromatic heterocycles. The number of oxime groups is 1. The number of amides is 1. The zero-order valence-corrected chi connectivity index (χ0v) is 9.30. The van der Waals surface area contributed by atoms with Crippen LogP contribution in [0, 0.1) is 6.92 Å². The summed E-state index contributed by atoms with van der Waals surface area (Å²) in [6.45, 7) is 1.72. The van der Waals surface area contributed by atoms with Gasteiger partial charge in [-0.1, -0.05) is 28.4 Å². The van der Waals surface area contributed by atoms with E-state index < -0.39 is 5.91 Å². The summed E-state index contributed by atoms with van der Waals surface area (Å²) in [6.07, 6.45) is 0.752. The number of carbonyl (C=O) groups excluding carboxylic acids is 1. The van der Waals surface area contributed by atoms with Gasteiger partial charge >= 0.3 is 0 Å². The van der Waals surface area contributed by atoms with Crippen molar-refractivity contribution in [3.05, 3.63) is 27.7 Å². The molecule has 80 valence electrons. The SMILES string of the molecule is Cc1c(NC(=O)C=NO)ccc(Cl)c1Cl. The minimum Gasteiger partial charge on any atom is -0.411 e. The van der Waals surface area contributed by atoms with Crippen LogP contribution in [0.25, 0.3) is 0 Å². The number of hydrogen-bond donors (Lipinski definition) is 2. The molecule has 0 radical (unpaired) electrons. The Balaban J connectivity index is 2.97. The molecule has 0 spiro atoms. The van der Waals surface area contributed by atoms with Crippen LogP contribution in [0.3, 0.4) is 0 Å². The molecule has 4 nitrogen and oxygen atoms in total. The van der Waals surface area contributed by atoms with E-state index in [1.807, 2.05) is 0 Å². The van der Waals surface area contributed by atoms with E-state index in [-0.39, 0.29) is 0 Å². The minimum absolute atomic E-state index is 0.385. The Labute approximate surface area is 96.5 Å². The summed E-state index contributed by atoms with van der Waals surface area (Å²) in [4.78, 5) is 11.1. The molecule has 1 amide bonds. The second kappa shape index (κ2) is 5.00. The maximum atomic E-state index is 11.1. The molecular formula is C9H8Cl2N2O2. The van der Waals surface area contributed by atoms with Gasteiger partial charge in [0.2, 0.25) is 0 Å². The highest BCUT2D eigenvalue weighted by molar-refractivity contribution is 6.43. The number of nitrogens with one attached hydrogen (secondary N) is 1. The fourth-order valence-electron chi connectivity index (χ4n) is 1.00. The van der Waals surface area contributed by atoms with Crippen LogP contribution in [0.1, 0.15) is 5.56 Å². The van der Waals surface area contributed by atoms with Gasteiger partial charge in [-0.25, -0.2) is 0 Å². The summed E-state index contributed by atoms with van der Waals surface area (Å²) in [5.74, 6) is -0.543. The molecule has 0 aliphatic rings. The average molecular weight is 247 g/mol. The molecule has 6 heteroatoms. The minimum atomic E-state index is -0.543. The topological polar surface area (TPSA) is 61.7 Å². The summed E-state index contributed by atoms with van der Waals surface area (Å²) in [7, 11) is 0. The molecule has 0 atom stereocenters. The normalized spacial score (nSPS) is 10.6. The first-order chi connectivity index (χ1) is 7.06. The Kier molecular flexibility index (Phi) is 3.94. The molecule has 2 N–H and O–H groups in total. The summed E-state index contributed by atoms with van der Waals surface area (Å²) in [5, 5.41) is 14.0. The van der Waals surface area contributed by atoms with E-state index >= 15 is 0 Å². The van der Waals surface area contributed by atoms with Gasteiger partial charge in [-0.05, 0) is 24.6 Å². The maximum Gasteiger partial charge on any atom is 0.270 e. The predicted octanol–water partition coefficient (Wildman–Crippen LogP) is 2.70. The van der Waals surface area contributed by atoms with Gasteiger partial charge in [-0.15, -0.1) is 0 Å². The van der Waals surface area contributed by atoms with Crippen molar-refractivity contribution in [2.75, 3.05) is 5.32 Å². The van der Waals surface area contributed by atoms with Crippen LogP contribution >= 0.6 is 23.2 Å². The number of nitrogens with zero attached hydrogens (tertiary/aromatic N) is 1. The van der Waals surface area contributed by atoms with Crippen LogP contribution in [0.15, 0.2) is 17.3 Å². The van der Waals surface area contributed by atoms with Crippen molar-refractivity contribution >= 4 is 41.0 Å². The van der Waals surface area contributed by atoms with Crippen LogP contribution in [0.4, 0.5) is 5.69 Å². The lowest BCUT2D eigenvalue weighted by Gasteiger charge is -2.08. The highest BCUT2D eigenvalue weighted by atomic mass is 35.5. The van der Waals surface area contributed by atoms with Crippen molar-refractivity contribution < 1.29 is 10.0 Å². The van der Waals surface area contributed by atoms with Gasteiger partial charge in [0.1, 0.15) is 6.21 Å². The number of halogens is 2. The van der Waals surface area contributed by atoms with Crippen LogP contribution in [-0.4, -0.2) is 17.3 Å². The quantitative estimate of drug-likeness (QED) is 0.479. The molecule has 1 aromatic rings. The van der Waals surface area contributed by atoms with Crippen LogP contribution in [0.2, 0.25) is 10.0 Å². The monoisotopic (exact) mass is 246 g/mol. The molecule has 0 bridgehead atoms. The fraction of sp³-hybridized carbons (Fsp3) is 0.111. The molecular weight excluding hydrogens is 239 g/mol. The molecule has 0 aliphatic heterocycles. The zero-order valence-electron chi connectivity index (χ0n) is 7.79. The van der Waals surface area contributed by atoms with Crippen molar-refractivity contribution in [2.45, 2.75) is 6.92 Å². The Morgan fingerprint density at radius 1 is 1.53 bits per heavy atom. The van der Waals surface area contributed by atoms with Gasteiger partial charge in [0, 0.05) is 5.69 Å². The maximum absolute atomic E-state index is 11.1. The summed E-state index contributed by atoms with van der Waals surface area (Å²) in [6, 6.07) is 3.19. The Morgan fingerprint density at radius 2 is 2.20 bits per heavy atom. The van der Waals surface area contributed by atoms with Crippen molar-refractivity contribution in [3.8, 4) is 0 Å². The van der Waals surface area contributed by atoms with Crippen molar-refractivity contribution in [1.82, 2.24) is 0 Å². The van der Waals surface area contributed by atoms with E-state index in [0.29, 0.717) is 21.3 Å².